The molecule has 17 heavy (non-hydrogen) atoms. The summed E-state index contributed by atoms with van der Waals surface area (Å²) >= 11 is 9.17. The smallest absolute Gasteiger partial charge is 0.407 e. The minimum Gasteiger partial charge on any atom is -0.444 e. The van der Waals surface area contributed by atoms with Crippen LogP contribution < -0.4 is 5.32 Å². The monoisotopic (exact) mass is 276 g/mol. The quantitative estimate of drug-likeness (QED) is 0.569. The van der Waals surface area contributed by atoms with Crippen molar-refractivity contribution in [2.24, 2.45) is 0 Å². The third-order valence-corrected chi connectivity index (χ3v) is 2.95. The van der Waals surface area contributed by atoms with Crippen molar-refractivity contribution >= 4 is 35.3 Å². The maximum absolute atomic E-state index is 11.6. The number of nitrogens with zero attached hydrogens (tertiary/aromatic N) is 1. The molecule has 1 fully saturated rings. The molecule has 98 valence electrons. The Bertz CT molecular complexity index is 302. The van der Waals surface area contributed by atoms with Gasteiger partial charge in [-0.3, -0.25) is 0 Å². The lowest BCUT2D eigenvalue weighted by atomic mass is 10.1. The molecule has 1 saturated heterocycles. The lowest BCUT2D eigenvalue weighted by molar-refractivity contribution is 0.0486. The first-order chi connectivity index (χ1) is 7.78. The molecule has 1 aliphatic heterocycles. The number of hydrogen-bond acceptors (Lipinski definition) is 3. The molecular formula is C11H20N2O2S2. The second-order valence-electron chi connectivity index (χ2n) is 5.21. The molecule has 0 spiro atoms. The number of hydrogen-bond donors (Lipinski definition) is 2. The molecule has 0 aromatic rings. The van der Waals surface area contributed by atoms with Crippen LogP contribution in [0.25, 0.3) is 0 Å². The minimum atomic E-state index is -0.461. The summed E-state index contributed by atoms with van der Waals surface area (Å²) < 4.78 is 5.80. The van der Waals surface area contributed by atoms with Crippen LogP contribution in [0.4, 0.5) is 4.79 Å². The summed E-state index contributed by atoms with van der Waals surface area (Å²) in [7, 11) is 0. The van der Waals surface area contributed by atoms with E-state index in [0.29, 0.717) is 10.9 Å². The van der Waals surface area contributed by atoms with Gasteiger partial charge in [0, 0.05) is 19.1 Å². The van der Waals surface area contributed by atoms with Crippen molar-refractivity contribution in [2.75, 3.05) is 13.1 Å². The van der Waals surface area contributed by atoms with Crippen LogP contribution in [0.15, 0.2) is 0 Å². The molecule has 0 aliphatic carbocycles. The van der Waals surface area contributed by atoms with E-state index >= 15 is 0 Å². The fourth-order valence-corrected chi connectivity index (χ4v) is 2.09. The Balaban J connectivity index is 2.41. The molecule has 0 bridgehead atoms. The SMILES string of the molecule is CC(C)(C)OC(=O)NC1CCCN(C(=S)S)C1. The molecule has 1 heterocycles. The number of likely N-dealkylation sites (tertiary alicyclic amines) is 1. The molecule has 1 unspecified atom stereocenters. The zero-order valence-corrected chi connectivity index (χ0v) is 12.2. The van der Waals surface area contributed by atoms with E-state index in [0.717, 1.165) is 19.4 Å². The van der Waals surface area contributed by atoms with E-state index in [9.17, 15) is 4.79 Å². The number of rotatable bonds is 1. The average molecular weight is 276 g/mol. The van der Waals surface area contributed by atoms with Gasteiger partial charge in [-0.25, -0.2) is 4.79 Å². The highest BCUT2D eigenvalue weighted by molar-refractivity contribution is 8.10. The van der Waals surface area contributed by atoms with Gasteiger partial charge < -0.3 is 15.0 Å². The molecule has 4 nitrogen and oxygen atoms in total. The molecular weight excluding hydrogens is 256 g/mol. The van der Waals surface area contributed by atoms with Crippen LogP contribution in [0.1, 0.15) is 33.6 Å². The number of carbonyl (C=O) groups is 1. The number of thiol groups is 1. The van der Waals surface area contributed by atoms with Gasteiger partial charge >= 0.3 is 6.09 Å². The van der Waals surface area contributed by atoms with Gasteiger partial charge in [-0.05, 0) is 33.6 Å². The van der Waals surface area contributed by atoms with Crippen LogP contribution in [0.3, 0.4) is 0 Å². The first kappa shape index (κ1) is 14.6. The van der Waals surface area contributed by atoms with E-state index in [1.54, 1.807) is 0 Å². The largest absolute Gasteiger partial charge is 0.444 e. The van der Waals surface area contributed by atoms with Crippen LogP contribution in [0.5, 0.6) is 0 Å². The van der Waals surface area contributed by atoms with Gasteiger partial charge in [-0.1, -0.05) is 12.2 Å². The Hall–Kier alpha value is -0.490. The van der Waals surface area contributed by atoms with E-state index in [2.05, 4.69) is 17.9 Å². The molecule has 0 aromatic carbocycles. The van der Waals surface area contributed by atoms with Crippen LogP contribution in [-0.2, 0) is 4.74 Å². The van der Waals surface area contributed by atoms with Crippen molar-refractivity contribution in [1.82, 2.24) is 10.2 Å². The van der Waals surface area contributed by atoms with Crippen molar-refractivity contribution in [3.63, 3.8) is 0 Å². The Morgan fingerprint density at radius 2 is 2.18 bits per heavy atom. The summed E-state index contributed by atoms with van der Waals surface area (Å²) in [5, 5.41) is 2.86. The van der Waals surface area contributed by atoms with Crippen molar-refractivity contribution in [1.29, 1.82) is 0 Å². The number of thiocarbonyl (C=S) groups is 1. The molecule has 0 radical (unpaired) electrons. The maximum Gasteiger partial charge on any atom is 0.407 e. The number of nitrogens with one attached hydrogen (secondary N) is 1. The average Bonchev–Trinajstić information content (AvgIpc) is 2.14. The highest BCUT2D eigenvalue weighted by Gasteiger charge is 2.24. The summed E-state index contributed by atoms with van der Waals surface area (Å²) in [6, 6.07) is 0.0868. The maximum atomic E-state index is 11.6. The second-order valence-corrected chi connectivity index (χ2v) is 6.33. The van der Waals surface area contributed by atoms with Gasteiger partial charge in [0.15, 0.2) is 0 Å². The third-order valence-electron chi connectivity index (χ3n) is 2.41. The number of carbonyl (C=O) groups excluding carboxylic acids is 1. The molecule has 6 heteroatoms. The van der Waals surface area contributed by atoms with Gasteiger partial charge in [-0.15, -0.1) is 12.6 Å². The number of alkyl carbamates (subject to hydrolysis) is 1. The number of amides is 1. The lowest BCUT2D eigenvalue weighted by Gasteiger charge is -2.33. The first-order valence-corrected chi connectivity index (χ1v) is 6.61. The topological polar surface area (TPSA) is 41.6 Å². The van der Waals surface area contributed by atoms with Crippen LogP contribution in [0.2, 0.25) is 0 Å². The van der Waals surface area contributed by atoms with E-state index in [-0.39, 0.29) is 12.1 Å². The molecule has 1 aliphatic rings. The number of ether oxygens (including phenoxy) is 1. The standard InChI is InChI=1S/C11H20N2O2S2/c1-11(2,3)15-9(14)12-8-5-4-6-13(7-8)10(16)17/h8H,4-7H2,1-3H3,(H,12,14)(H,16,17). The van der Waals surface area contributed by atoms with Gasteiger partial charge in [0.2, 0.25) is 0 Å². The Morgan fingerprint density at radius 3 is 2.71 bits per heavy atom. The fraction of sp³-hybridized carbons (Fsp3) is 0.818. The Morgan fingerprint density at radius 1 is 1.53 bits per heavy atom. The highest BCUT2D eigenvalue weighted by Crippen LogP contribution is 2.13. The molecule has 1 atom stereocenters. The summed E-state index contributed by atoms with van der Waals surface area (Å²) in [4.78, 5) is 13.6. The summed E-state index contributed by atoms with van der Waals surface area (Å²) in [6.07, 6.45) is 1.59. The predicted octanol–water partition coefficient (Wildman–Crippen LogP) is 2.19. The van der Waals surface area contributed by atoms with E-state index in [1.807, 2.05) is 25.7 Å². The van der Waals surface area contributed by atoms with Gasteiger partial charge in [0.25, 0.3) is 0 Å². The summed E-state index contributed by atoms with van der Waals surface area (Å²) in [5.74, 6) is 0. The van der Waals surface area contributed by atoms with E-state index in [1.165, 1.54) is 0 Å². The molecule has 1 amide bonds. The third kappa shape index (κ3) is 5.59. The number of piperidine rings is 1. The lowest BCUT2D eigenvalue weighted by Crippen LogP contribution is -2.49. The van der Waals surface area contributed by atoms with Crippen LogP contribution in [0, 0.1) is 0 Å². The Kier molecular flexibility index (Phi) is 5.06. The van der Waals surface area contributed by atoms with Crippen molar-refractivity contribution < 1.29 is 9.53 Å². The highest BCUT2D eigenvalue weighted by atomic mass is 32.1. The zero-order valence-electron chi connectivity index (χ0n) is 10.5. The van der Waals surface area contributed by atoms with Crippen molar-refractivity contribution in [3.8, 4) is 0 Å². The predicted molar refractivity (Wildman–Crippen MR) is 75.5 cm³/mol. The van der Waals surface area contributed by atoms with Gasteiger partial charge in [0.1, 0.15) is 9.92 Å². The minimum absolute atomic E-state index is 0.0868. The summed E-state index contributed by atoms with van der Waals surface area (Å²) in [5.41, 5.74) is -0.461. The molecule has 0 saturated carbocycles. The summed E-state index contributed by atoms with van der Waals surface area (Å²) in [6.45, 7) is 7.17. The van der Waals surface area contributed by atoms with E-state index < -0.39 is 5.60 Å². The van der Waals surface area contributed by atoms with Gasteiger partial charge in [-0.2, -0.15) is 0 Å². The Labute approximate surface area is 113 Å². The normalized spacial score (nSPS) is 20.9. The van der Waals surface area contributed by atoms with Crippen LogP contribution in [-0.4, -0.2) is 40.0 Å². The van der Waals surface area contributed by atoms with Gasteiger partial charge in [0.05, 0.1) is 0 Å². The fourth-order valence-electron chi connectivity index (χ4n) is 1.74. The molecule has 1 N–H and O–H groups in total. The van der Waals surface area contributed by atoms with E-state index in [4.69, 9.17) is 17.0 Å². The zero-order chi connectivity index (χ0) is 13.1. The molecule has 1 rings (SSSR count). The second kappa shape index (κ2) is 5.91. The molecule has 0 aromatic heterocycles. The van der Waals surface area contributed by atoms with Crippen molar-refractivity contribution in [2.45, 2.75) is 45.3 Å². The van der Waals surface area contributed by atoms with Crippen LogP contribution >= 0.6 is 24.8 Å². The van der Waals surface area contributed by atoms with Crippen molar-refractivity contribution in [3.05, 3.63) is 0 Å². The first-order valence-electron chi connectivity index (χ1n) is 5.75.